The van der Waals surface area contributed by atoms with Crippen molar-refractivity contribution in [1.82, 2.24) is 5.32 Å². The van der Waals surface area contributed by atoms with Crippen molar-refractivity contribution in [3.63, 3.8) is 0 Å². The van der Waals surface area contributed by atoms with Crippen LogP contribution in [0.3, 0.4) is 0 Å². The number of aliphatic hydroxyl groups is 1. The van der Waals surface area contributed by atoms with Crippen molar-refractivity contribution < 1.29 is 19.4 Å². The molecular weight excluding hydrogens is 294 g/mol. The molecule has 0 radical (unpaired) electrons. The van der Waals surface area contributed by atoms with E-state index in [-0.39, 0.29) is 19.3 Å². The first kappa shape index (κ1) is 19.5. The Morgan fingerprint density at radius 3 is 2.35 bits per heavy atom. The number of ether oxygens (including phenoxy) is 2. The van der Waals surface area contributed by atoms with Gasteiger partial charge in [0.25, 0.3) is 0 Å². The third-order valence-electron chi connectivity index (χ3n) is 3.65. The molecular formula is C18H29NO4. The first-order chi connectivity index (χ1) is 10.9. The van der Waals surface area contributed by atoms with E-state index in [0.717, 1.165) is 28.9 Å². The normalized spacial score (nSPS) is 12.3. The Balaban J connectivity index is 2.70. The summed E-state index contributed by atoms with van der Waals surface area (Å²) in [6.07, 6.45) is 0.939. The Hall–Kier alpha value is -1.59. The van der Waals surface area contributed by atoms with E-state index in [1.807, 2.05) is 26.0 Å². The van der Waals surface area contributed by atoms with Gasteiger partial charge in [-0.3, -0.25) is 0 Å². The van der Waals surface area contributed by atoms with Crippen LogP contribution in [-0.2, 0) is 16.1 Å². The van der Waals surface area contributed by atoms with Gasteiger partial charge in [0.15, 0.2) is 6.61 Å². The lowest BCUT2D eigenvalue weighted by molar-refractivity contribution is -0.142. The van der Waals surface area contributed by atoms with Crippen LogP contribution in [0.25, 0.3) is 0 Å². The summed E-state index contributed by atoms with van der Waals surface area (Å²) in [5.41, 5.74) is 3.10. The van der Waals surface area contributed by atoms with Crippen molar-refractivity contribution in [3.8, 4) is 5.75 Å². The van der Waals surface area contributed by atoms with Crippen LogP contribution in [0.5, 0.6) is 5.75 Å². The molecule has 5 heteroatoms. The third kappa shape index (κ3) is 6.59. The molecule has 1 unspecified atom stereocenters. The number of hydrogen-bond acceptors (Lipinski definition) is 5. The van der Waals surface area contributed by atoms with E-state index in [1.165, 1.54) is 7.11 Å². The first-order valence-electron chi connectivity index (χ1n) is 8.01. The predicted octanol–water partition coefficient (Wildman–Crippen LogP) is 2.35. The molecule has 5 nitrogen and oxygen atoms in total. The molecule has 0 aliphatic carbocycles. The molecule has 1 aromatic carbocycles. The van der Waals surface area contributed by atoms with E-state index < -0.39 is 5.97 Å². The van der Waals surface area contributed by atoms with Crippen LogP contribution in [-0.4, -0.2) is 37.4 Å². The van der Waals surface area contributed by atoms with Gasteiger partial charge in [0.05, 0.1) is 13.7 Å². The van der Waals surface area contributed by atoms with Crippen molar-refractivity contribution in [2.75, 3.05) is 20.3 Å². The van der Waals surface area contributed by atoms with Crippen molar-refractivity contribution in [2.24, 2.45) is 5.92 Å². The second-order valence-electron chi connectivity index (χ2n) is 6.31. The number of nitrogens with one attached hydrogen (secondary N) is 1. The van der Waals surface area contributed by atoms with Gasteiger partial charge >= 0.3 is 5.97 Å². The van der Waals surface area contributed by atoms with E-state index in [4.69, 9.17) is 4.74 Å². The summed E-state index contributed by atoms with van der Waals surface area (Å²) in [6.45, 7) is 8.95. The minimum absolute atomic E-state index is 0.0866. The summed E-state index contributed by atoms with van der Waals surface area (Å²) in [6, 6.07) is 4.18. The summed E-state index contributed by atoms with van der Waals surface area (Å²) >= 11 is 0. The number of aliphatic hydroxyl groups excluding tert-OH is 1. The van der Waals surface area contributed by atoms with Crippen LogP contribution in [0, 0.1) is 19.8 Å². The largest absolute Gasteiger partial charge is 0.481 e. The fraction of sp³-hybridized carbons (Fsp3) is 0.611. The summed E-state index contributed by atoms with van der Waals surface area (Å²) in [4.78, 5) is 11.2. The highest BCUT2D eigenvalue weighted by Gasteiger charge is 2.12. The molecule has 0 heterocycles. The SMILES string of the molecule is COC(=O)COc1c(C)cc(CNC(CO)CC(C)C)cc1C. The second-order valence-corrected chi connectivity index (χ2v) is 6.31. The lowest BCUT2D eigenvalue weighted by atomic mass is 10.0. The predicted molar refractivity (Wildman–Crippen MR) is 90.6 cm³/mol. The average molecular weight is 323 g/mol. The molecule has 0 saturated heterocycles. The monoisotopic (exact) mass is 323 g/mol. The zero-order valence-corrected chi connectivity index (χ0v) is 14.8. The molecule has 1 aromatic rings. The van der Waals surface area contributed by atoms with Gasteiger partial charge in [-0.2, -0.15) is 0 Å². The van der Waals surface area contributed by atoms with Crippen LogP contribution >= 0.6 is 0 Å². The standard InChI is InChI=1S/C18H29NO4/c1-12(2)6-16(10-20)19-9-15-7-13(3)18(14(4)8-15)23-11-17(21)22-5/h7-8,12,16,19-20H,6,9-11H2,1-5H3. The molecule has 0 aliphatic rings. The number of esters is 1. The van der Waals surface area contributed by atoms with E-state index in [2.05, 4.69) is 23.9 Å². The van der Waals surface area contributed by atoms with Crippen LogP contribution in [0.2, 0.25) is 0 Å². The topological polar surface area (TPSA) is 67.8 Å². The summed E-state index contributed by atoms with van der Waals surface area (Å²) in [7, 11) is 1.34. The molecule has 0 aromatic heterocycles. The van der Waals surface area contributed by atoms with Crippen molar-refractivity contribution in [2.45, 2.75) is 46.7 Å². The molecule has 130 valence electrons. The lowest BCUT2D eigenvalue weighted by Gasteiger charge is -2.19. The molecule has 0 bridgehead atoms. The molecule has 0 amide bonds. The van der Waals surface area contributed by atoms with Gasteiger partial charge in [0.1, 0.15) is 5.75 Å². The van der Waals surface area contributed by atoms with E-state index in [1.54, 1.807) is 0 Å². The molecule has 1 rings (SSSR count). The number of carbonyl (C=O) groups excluding carboxylic acids is 1. The van der Waals surface area contributed by atoms with Gasteiger partial charge in [0.2, 0.25) is 0 Å². The molecule has 23 heavy (non-hydrogen) atoms. The van der Waals surface area contributed by atoms with Crippen molar-refractivity contribution in [3.05, 3.63) is 28.8 Å². The highest BCUT2D eigenvalue weighted by Crippen LogP contribution is 2.25. The Morgan fingerprint density at radius 1 is 1.26 bits per heavy atom. The van der Waals surface area contributed by atoms with Gasteiger partial charge in [-0.05, 0) is 42.9 Å². The van der Waals surface area contributed by atoms with Crippen molar-refractivity contribution in [1.29, 1.82) is 0 Å². The Kier molecular flexibility index (Phi) is 8.06. The number of carbonyl (C=O) groups is 1. The van der Waals surface area contributed by atoms with Crippen molar-refractivity contribution >= 4 is 5.97 Å². The first-order valence-corrected chi connectivity index (χ1v) is 8.01. The summed E-state index contributed by atoms with van der Waals surface area (Å²) < 4.78 is 10.1. The number of methoxy groups -OCH3 is 1. The zero-order chi connectivity index (χ0) is 17.4. The average Bonchev–Trinajstić information content (AvgIpc) is 2.49. The van der Waals surface area contributed by atoms with Gasteiger partial charge in [-0.1, -0.05) is 26.0 Å². The molecule has 0 aliphatic heterocycles. The van der Waals surface area contributed by atoms with Crippen LogP contribution in [0.15, 0.2) is 12.1 Å². The van der Waals surface area contributed by atoms with Gasteiger partial charge in [0, 0.05) is 12.6 Å². The van der Waals surface area contributed by atoms with Crippen LogP contribution < -0.4 is 10.1 Å². The highest BCUT2D eigenvalue weighted by molar-refractivity contribution is 5.71. The maximum absolute atomic E-state index is 11.2. The molecule has 0 fully saturated rings. The number of benzene rings is 1. The van der Waals surface area contributed by atoms with E-state index >= 15 is 0 Å². The van der Waals surface area contributed by atoms with E-state index in [0.29, 0.717) is 12.5 Å². The fourth-order valence-electron chi connectivity index (χ4n) is 2.61. The van der Waals surface area contributed by atoms with Gasteiger partial charge < -0.3 is 19.9 Å². The van der Waals surface area contributed by atoms with Gasteiger partial charge in [-0.25, -0.2) is 4.79 Å². The maximum Gasteiger partial charge on any atom is 0.343 e. The summed E-state index contributed by atoms with van der Waals surface area (Å²) in [5, 5.41) is 12.8. The zero-order valence-electron chi connectivity index (χ0n) is 14.8. The Labute approximate surface area is 139 Å². The quantitative estimate of drug-likeness (QED) is 0.683. The number of rotatable bonds is 9. The molecule has 0 saturated carbocycles. The maximum atomic E-state index is 11.2. The Morgan fingerprint density at radius 2 is 1.87 bits per heavy atom. The molecule has 1 atom stereocenters. The van der Waals surface area contributed by atoms with Crippen LogP contribution in [0.1, 0.15) is 37.0 Å². The second kappa shape index (κ2) is 9.53. The molecule has 0 spiro atoms. The van der Waals surface area contributed by atoms with Gasteiger partial charge in [-0.15, -0.1) is 0 Å². The fourth-order valence-corrected chi connectivity index (χ4v) is 2.61. The van der Waals surface area contributed by atoms with E-state index in [9.17, 15) is 9.90 Å². The lowest BCUT2D eigenvalue weighted by Crippen LogP contribution is -2.33. The summed E-state index contributed by atoms with van der Waals surface area (Å²) in [5.74, 6) is 0.867. The number of aryl methyl sites for hydroxylation is 2. The highest BCUT2D eigenvalue weighted by atomic mass is 16.6. The third-order valence-corrected chi connectivity index (χ3v) is 3.65. The Bertz CT molecular complexity index is 491. The smallest absolute Gasteiger partial charge is 0.343 e. The minimum atomic E-state index is -0.394. The minimum Gasteiger partial charge on any atom is -0.481 e. The molecule has 2 N–H and O–H groups in total. The number of hydrogen-bond donors (Lipinski definition) is 2. The van der Waals surface area contributed by atoms with Crippen LogP contribution in [0.4, 0.5) is 0 Å².